The molecule has 2 atom stereocenters. The van der Waals surface area contributed by atoms with Crippen molar-refractivity contribution in [3.63, 3.8) is 0 Å². The fourth-order valence-corrected chi connectivity index (χ4v) is 3.52. The molecule has 0 aliphatic carbocycles. The predicted octanol–water partition coefficient (Wildman–Crippen LogP) is 1.47. The minimum atomic E-state index is -1.47. The second-order valence-corrected chi connectivity index (χ2v) is 6.79. The van der Waals surface area contributed by atoms with E-state index in [1.807, 2.05) is 30.3 Å². The van der Waals surface area contributed by atoms with Crippen LogP contribution in [0, 0.1) is 0 Å². The summed E-state index contributed by atoms with van der Waals surface area (Å²) in [6.07, 6.45) is 0.141. The van der Waals surface area contributed by atoms with Crippen LogP contribution in [0.5, 0.6) is 0 Å². The molecule has 1 aromatic carbocycles. The zero-order valence-corrected chi connectivity index (χ0v) is 14.2. The lowest BCUT2D eigenvalue weighted by Gasteiger charge is -2.40. The summed E-state index contributed by atoms with van der Waals surface area (Å²) < 4.78 is 20.1. The Hall–Kier alpha value is -1.99. The number of carbonyl (C=O) groups is 2. The van der Waals surface area contributed by atoms with Gasteiger partial charge in [-0.2, -0.15) is 0 Å². The van der Waals surface area contributed by atoms with E-state index in [0.29, 0.717) is 12.1 Å². The highest BCUT2D eigenvalue weighted by Crippen LogP contribution is 2.29. The third-order valence-corrected chi connectivity index (χ3v) is 4.81. The highest BCUT2D eigenvalue weighted by Gasteiger charge is 2.45. The number of esters is 1. The van der Waals surface area contributed by atoms with Gasteiger partial charge in [-0.3, -0.25) is 9.69 Å². The van der Waals surface area contributed by atoms with Crippen LogP contribution in [0.15, 0.2) is 41.6 Å². The highest BCUT2D eigenvalue weighted by atomic mass is 32.2. The first-order chi connectivity index (χ1) is 11.0. The van der Waals surface area contributed by atoms with E-state index in [-0.39, 0.29) is 18.0 Å². The number of allylic oxidation sites excluding steroid dienone is 1. The summed E-state index contributed by atoms with van der Waals surface area (Å²) in [7, 11) is -0.213. The normalized spacial score (nSPS) is 18.1. The fraction of sp³-hybridized carbons (Fsp3) is 0.375. The fourth-order valence-electron chi connectivity index (χ4n) is 2.31. The molecule has 1 amide bonds. The SMILES string of the molecule is COC(=O)C(=C(C)C)N1C(=O)CC1S(=O)NCc1ccccc1. The van der Waals surface area contributed by atoms with E-state index >= 15 is 0 Å². The van der Waals surface area contributed by atoms with Gasteiger partial charge in [0, 0.05) is 6.54 Å². The lowest BCUT2D eigenvalue weighted by atomic mass is 10.1. The van der Waals surface area contributed by atoms with E-state index in [4.69, 9.17) is 4.74 Å². The molecule has 2 rings (SSSR count). The molecule has 1 N–H and O–H groups in total. The minimum absolute atomic E-state index is 0.141. The summed E-state index contributed by atoms with van der Waals surface area (Å²) in [5, 5.41) is -0.560. The molecule has 2 unspecified atom stereocenters. The van der Waals surface area contributed by atoms with Crippen molar-refractivity contribution < 1.29 is 18.5 Å². The molecule has 0 saturated carbocycles. The molecular weight excluding hydrogens is 316 g/mol. The third-order valence-electron chi connectivity index (χ3n) is 3.51. The first kappa shape index (κ1) is 17.4. The van der Waals surface area contributed by atoms with Gasteiger partial charge in [0.1, 0.15) is 22.1 Å². The molecule has 0 spiro atoms. The van der Waals surface area contributed by atoms with Crippen molar-refractivity contribution in [1.29, 1.82) is 0 Å². The Labute approximate surface area is 138 Å². The molecule has 1 heterocycles. The van der Waals surface area contributed by atoms with Gasteiger partial charge in [-0.05, 0) is 25.0 Å². The molecule has 1 aliphatic heterocycles. The molecule has 0 radical (unpaired) electrons. The zero-order chi connectivity index (χ0) is 17.0. The average Bonchev–Trinajstić information content (AvgIpc) is 2.55. The second kappa shape index (κ2) is 7.52. The first-order valence-corrected chi connectivity index (χ1v) is 8.43. The Morgan fingerprint density at radius 2 is 2.00 bits per heavy atom. The molecule has 124 valence electrons. The smallest absolute Gasteiger partial charge is 0.354 e. The Balaban J connectivity index is 2.07. The summed E-state index contributed by atoms with van der Waals surface area (Å²) in [5.41, 5.74) is 1.81. The molecule has 6 nitrogen and oxygen atoms in total. The molecule has 1 aromatic rings. The van der Waals surface area contributed by atoms with Crippen LogP contribution in [0.25, 0.3) is 0 Å². The quantitative estimate of drug-likeness (QED) is 0.485. The van der Waals surface area contributed by atoms with Gasteiger partial charge in [-0.25, -0.2) is 13.7 Å². The van der Waals surface area contributed by atoms with Crippen LogP contribution in [0.2, 0.25) is 0 Å². The lowest BCUT2D eigenvalue weighted by Crippen LogP contribution is -2.57. The summed E-state index contributed by atoms with van der Waals surface area (Å²) in [6.45, 7) is 3.86. The summed E-state index contributed by atoms with van der Waals surface area (Å²) >= 11 is 0. The number of rotatable bonds is 6. The molecule has 1 saturated heterocycles. The van der Waals surface area contributed by atoms with Crippen molar-refractivity contribution in [3.8, 4) is 0 Å². The monoisotopic (exact) mass is 336 g/mol. The number of methoxy groups -OCH3 is 1. The maximum Gasteiger partial charge on any atom is 0.354 e. The third kappa shape index (κ3) is 3.86. The number of hydrogen-bond acceptors (Lipinski definition) is 4. The van der Waals surface area contributed by atoms with Crippen molar-refractivity contribution in [1.82, 2.24) is 9.62 Å². The Morgan fingerprint density at radius 1 is 1.35 bits per heavy atom. The first-order valence-electron chi connectivity index (χ1n) is 7.21. The maximum atomic E-state index is 12.4. The molecule has 0 bridgehead atoms. The van der Waals surface area contributed by atoms with E-state index in [9.17, 15) is 13.8 Å². The predicted molar refractivity (Wildman–Crippen MR) is 87.1 cm³/mol. The number of benzene rings is 1. The van der Waals surface area contributed by atoms with E-state index in [0.717, 1.165) is 5.56 Å². The highest BCUT2D eigenvalue weighted by molar-refractivity contribution is 7.83. The van der Waals surface area contributed by atoms with Gasteiger partial charge in [-0.1, -0.05) is 30.3 Å². The number of β-lactam (4-membered cyclic amide) rings is 1. The number of ether oxygens (including phenoxy) is 1. The van der Waals surface area contributed by atoms with Gasteiger partial charge >= 0.3 is 5.97 Å². The van der Waals surface area contributed by atoms with E-state index in [1.165, 1.54) is 12.0 Å². The molecule has 23 heavy (non-hydrogen) atoms. The number of amides is 1. The standard InChI is InChI=1S/C16H20N2O4S/c1-11(2)15(16(20)22-3)18-13(19)9-14(18)23(21)17-10-12-7-5-4-6-8-12/h4-8,14,17H,9-10H2,1-3H3. The van der Waals surface area contributed by atoms with Crippen LogP contribution in [0.1, 0.15) is 25.8 Å². The van der Waals surface area contributed by atoms with Gasteiger partial charge in [0.2, 0.25) is 5.91 Å². The molecule has 0 aromatic heterocycles. The number of likely N-dealkylation sites (tertiary alicyclic amines) is 1. The summed E-state index contributed by atoms with van der Waals surface area (Å²) in [4.78, 5) is 25.1. The zero-order valence-electron chi connectivity index (χ0n) is 13.4. The summed E-state index contributed by atoms with van der Waals surface area (Å²) in [6, 6.07) is 9.55. The second-order valence-electron chi connectivity index (χ2n) is 5.37. The molecule has 1 aliphatic rings. The van der Waals surface area contributed by atoms with Gasteiger partial charge in [0.25, 0.3) is 0 Å². The van der Waals surface area contributed by atoms with Gasteiger partial charge in [0.15, 0.2) is 0 Å². The van der Waals surface area contributed by atoms with Crippen LogP contribution in [-0.4, -0.2) is 33.5 Å². The van der Waals surface area contributed by atoms with Gasteiger partial charge in [0.05, 0.1) is 13.5 Å². The van der Waals surface area contributed by atoms with Crippen LogP contribution in [0.3, 0.4) is 0 Å². The molecule has 7 heteroatoms. The Kier molecular flexibility index (Phi) is 5.68. The topological polar surface area (TPSA) is 75.7 Å². The number of hydrogen-bond donors (Lipinski definition) is 1. The van der Waals surface area contributed by atoms with Crippen molar-refractivity contribution in [2.24, 2.45) is 0 Å². The van der Waals surface area contributed by atoms with E-state index in [1.54, 1.807) is 13.8 Å². The van der Waals surface area contributed by atoms with Crippen molar-refractivity contribution in [2.45, 2.75) is 32.2 Å². The maximum absolute atomic E-state index is 12.4. The minimum Gasteiger partial charge on any atom is -0.464 e. The summed E-state index contributed by atoms with van der Waals surface area (Å²) in [5.74, 6) is -0.824. The Bertz CT molecular complexity index is 653. The Morgan fingerprint density at radius 3 is 2.52 bits per heavy atom. The molecular formula is C16H20N2O4S. The largest absolute Gasteiger partial charge is 0.464 e. The lowest BCUT2D eigenvalue weighted by molar-refractivity contribution is -0.147. The molecule has 1 fully saturated rings. The van der Waals surface area contributed by atoms with Crippen molar-refractivity contribution in [3.05, 3.63) is 47.2 Å². The van der Waals surface area contributed by atoms with E-state index < -0.39 is 22.3 Å². The van der Waals surface area contributed by atoms with Crippen LogP contribution < -0.4 is 4.72 Å². The van der Waals surface area contributed by atoms with Gasteiger partial charge in [-0.15, -0.1) is 0 Å². The van der Waals surface area contributed by atoms with Gasteiger partial charge < -0.3 is 4.74 Å². The van der Waals surface area contributed by atoms with Crippen LogP contribution >= 0.6 is 0 Å². The van der Waals surface area contributed by atoms with Crippen LogP contribution in [-0.2, 0) is 31.9 Å². The average molecular weight is 336 g/mol. The number of nitrogens with one attached hydrogen (secondary N) is 1. The van der Waals surface area contributed by atoms with Crippen molar-refractivity contribution in [2.75, 3.05) is 7.11 Å². The van der Waals surface area contributed by atoms with Crippen LogP contribution in [0.4, 0.5) is 0 Å². The number of nitrogens with zero attached hydrogens (tertiary/aromatic N) is 1. The number of carbonyl (C=O) groups excluding carboxylic acids is 2. The van der Waals surface area contributed by atoms with Crippen molar-refractivity contribution >= 4 is 22.9 Å². The van der Waals surface area contributed by atoms with E-state index in [2.05, 4.69) is 4.72 Å².